The zero-order valence-corrected chi connectivity index (χ0v) is 12.1. The Balaban J connectivity index is 1.44. The van der Waals surface area contributed by atoms with E-state index in [1.54, 1.807) is 12.1 Å². The summed E-state index contributed by atoms with van der Waals surface area (Å²) in [6.07, 6.45) is 1.27. The highest BCUT2D eigenvalue weighted by molar-refractivity contribution is 5.93. The Labute approximate surface area is 128 Å². The number of rotatable bonds is 7. The van der Waals surface area contributed by atoms with Crippen LogP contribution in [0.1, 0.15) is 33.6 Å². The molecule has 2 aliphatic rings. The minimum Gasteiger partial charge on any atom is -0.462 e. The quantitative estimate of drug-likeness (QED) is 0.601. The smallest absolute Gasteiger partial charge is 0.338 e. The van der Waals surface area contributed by atoms with Gasteiger partial charge in [0.1, 0.15) is 12.7 Å². The normalized spacial score (nSPS) is 25.4. The lowest BCUT2D eigenvalue weighted by atomic mass is 10.1. The second-order valence-corrected chi connectivity index (χ2v) is 5.62. The predicted octanol–water partition coefficient (Wildman–Crippen LogP) is 1.17. The summed E-state index contributed by atoms with van der Waals surface area (Å²) in [4.78, 5) is 23.5. The lowest BCUT2D eigenvalue weighted by molar-refractivity contribution is 0.0468. The van der Waals surface area contributed by atoms with Gasteiger partial charge in [-0.15, -0.1) is 0 Å². The van der Waals surface area contributed by atoms with Crippen LogP contribution >= 0.6 is 0 Å². The van der Waals surface area contributed by atoms with Gasteiger partial charge in [-0.25, -0.2) is 9.59 Å². The summed E-state index contributed by atoms with van der Waals surface area (Å²) in [5, 5.41) is 9.18. The molecule has 1 heterocycles. The highest BCUT2D eigenvalue weighted by Crippen LogP contribution is 2.33. The van der Waals surface area contributed by atoms with Crippen LogP contribution in [0.15, 0.2) is 24.3 Å². The number of hydrogen-bond acceptors (Lipinski definition) is 6. The van der Waals surface area contributed by atoms with E-state index in [2.05, 4.69) is 0 Å². The number of carbonyl (C=O) groups is 2. The molecule has 1 aromatic rings. The summed E-state index contributed by atoms with van der Waals surface area (Å²) in [6.45, 7) is 1.19. The van der Waals surface area contributed by atoms with Gasteiger partial charge >= 0.3 is 11.9 Å². The standard InChI is InChI=1S/C16H18O6/c17-14-7-12(14)5-6-20-15(18)10-1-3-11(4-2-10)16(19)22-9-13-8-21-13/h1-4,12-14,17H,5-9H2. The van der Waals surface area contributed by atoms with Crippen LogP contribution in [0.5, 0.6) is 0 Å². The Bertz CT molecular complexity index is 548. The molecular formula is C16H18O6. The average Bonchev–Trinajstić information content (AvgIpc) is 3.44. The molecule has 1 N–H and O–H groups in total. The van der Waals surface area contributed by atoms with Crippen LogP contribution < -0.4 is 0 Å². The van der Waals surface area contributed by atoms with Crippen molar-refractivity contribution in [3.63, 3.8) is 0 Å². The zero-order chi connectivity index (χ0) is 15.5. The van der Waals surface area contributed by atoms with E-state index in [4.69, 9.17) is 14.2 Å². The van der Waals surface area contributed by atoms with Crippen molar-refractivity contribution in [2.24, 2.45) is 5.92 Å². The van der Waals surface area contributed by atoms with Gasteiger partial charge < -0.3 is 19.3 Å². The molecule has 3 unspecified atom stereocenters. The maximum Gasteiger partial charge on any atom is 0.338 e. The van der Waals surface area contributed by atoms with E-state index in [1.807, 2.05) is 0 Å². The fourth-order valence-corrected chi connectivity index (χ4v) is 2.09. The summed E-state index contributed by atoms with van der Waals surface area (Å²) >= 11 is 0. The molecule has 1 aliphatic carbocycles. The second kappa shape index (κ2) is 6.46. The zero-order valence-electron chi connectivity index (χ0n) is 12.1. The molecule has 0 radical (unpaired) electrons. The van der Waals surface area contributed by atoms with E-state index in [0.717, 1.165) is 6.42 Å². The lowest BCUT2D eigenvalue weighted by Crippen LogP contribution is -2.11. The van der Waals surface area contributed by atoms with Crippen molar-refractivity contribution < 1.29 is 28.9 Å². The summed E-state index contributed by atoms with van der Waals surface area (Å²) < 4.78 is 15.1. The van der Waals surface area contributed by atoms with Crippen LogP contribution in [-0.2, 0) is 14.2 Å². The van der Waals surface area contributed by atoms with Crippen molar-refractivity contribution in [3.8, 4) is 0 Å². The molecule has 3 rings (SSSR count). The predicted molar refractivity (Wildman–Crippen MR) is 75.5 cm³/mol. The topological polar surface area (TPSA) is 85.4 Å². The van der Waals surface area contributed by atoms with Gasteiger partial charge in [0.25, 0.3) is 0 Å². The summed E-state index contributed by atoms with van der Waals surface area (Å²) in [5.74, 6) is -0.597. The third-order valence-corrected chi connectivity index (χ3v) is 3.77. The van der Waals surface area contributed by atoms with Gasteiger partial charge in [-0.1, -0.05) is 0 Å². The Kier molecular flexibility index (Phi) is 4.40. The van der Waals surface area contributed by atoms with Gasteiger partial charge in [-0.2, -0.15) is 0 Å². The molecule has 6 nitrogen and oxygen atoms in total. The molecule has 22 heavy (non-hydrogen) atoms. The number of esters is 2. The molecule has 1 aromatic carbocycles. The van der Waals surface area contributed by atoms with E-state index in [-0.39, 0.29) is 24.7 Å². The molecular weight excluding hydrogens is 288 g/mol. The van der Waals surface area contributed by atoms with Gasteiger partial charge in [-0.05, 0) is 43.0 Å². The third kappa shape index (κ3) is 4.05. The van der Waals surface area contributed by atoms with Crippen molar-refractivity contribution in [2.75, 3.05) is 19.8 Å². The van der Waals surface area contributed by atoms with Crippen LogP contribution in [0.4, 0.5) is 0 Å². The van der Waals surface area contributed by atoms with Crippen LogP contribution in [0.3, 0.4) is 0 Å². The number of benzene rings is 1. The first-order valence-corrected chi connectivity index (χ1v) is 7.37. The van der Waals surface area contributed by atoms with Crippen LogP contribution in [0.2, 0.25) is 0 Å². The van der Waals surface area contributed by atoms with Crippen molar-refractivity contribution in [1.82, 2.24) is 0 Å². The number of carbonyl (C=O) groups excluding carboxylic acids is 2. The SMILES string of the molecule is O=C(OCCC1CC1O)c1ccc(C(=O)OCC2CO2)cc1. The molecule has 1 saturated carbocycles. The Morgan fingerprint density at radius 2 is 1.68 bits per heavy atom. The summed E-state index contributed by atoms with van der Waals surface area (Å²) in [7, 11) is 0. The number of ether oxygens (including phenoxy) is 3. The Morgan fingerprint density at radius 1 is 1.14 bits per heavy atom. The summed E-state index contributed by atoms with van der Waals surface area (Å²) in [6, 6.07) is 6.16. The van der Waals surface area contributed by atoms with Gasteiger partial charge in [-0.3, -0.25) is 0 Å². The van der Waals surface area contributed by atoms with Crippen LogP contribution in [0.25, 0.3) is 0 Å². The fraction of sp³-hybridized carbons (Fsp3) is 0.500. The first-order chi connectivity index (χ1) is 10.6. The number of epoxide rings is 1. The first kappa shape index (κ1) is 15.0. The van der Waals surface area contributed by atoms with E-state index in [1.165, 1.54) is 12.1 Å². The first-order valence-electron chi connectivity index (χ1n) is 7.37. The molecule has 3 atom stereocenters. The van der Waals surface area contributed by atoms with Gasteiger partial charge in [0.15, 0.2) is 0 Å². The number of hydrogen-bond donors (Lipinski definition) is 1. The highest BCUT2D eigenvalue weighted by Gasteiger charge is 2.34. The van der Waals surface area contributed by atoms with E-state index >= 15 is 0 Å². The van der Waals surface area contributed by atoms with Crippen molar-refractivity contribution >= 4 is 11.9 Å². The molecule has 0 bridgehead atoms. The van der Waals surface area contributed by atoms with Gasteiger partial charge in [0, 0.05) is 0 Å². The van der Waals surface area contributed by atoms with E-state index < -0.39 is 11.9 Å². The van der Waals surface area contributed by atoms with E-state index in [0.29, 0.717) is 30.8 Å². The second-order valence-electron chi connectivity index (χ2n) is 5.62. The Hall–Kier alpha value is -1.92. The molecule has 0 amide bonds. The van der Waals surface area contributed by atoms with Crippen LogP contribution in [-0.4, -0.2) is 49.1 Å². The molecule has 118 valence electrons. The maximum absolute atomic E-state index is 11.8. The van der Waals surface area contributed by atoms with E-state index in [9.17, 15) is 14.7 Å². The lowest BCUT2D eigenvalue weighted by Gasteiger charge is -2.06. The minimum atomic E-state index is -0.432. The third-order valence-electron chi connectivity index (χ3n) is 3.77. The van der Waals surface area contributed by atoms with Gasteiger partial charge in [0.2, 0.25) is 0 Å². The van der Waals surface area contributed by atoms with Gasteiger partial charge in [0.05, 0.1) is 30.4 Å². The Morgan fingerprint density at radius 3 is 2.18 bits per heavy atom. The molecule has 6 heteroatoms. The minimum absolute atomic E-state index is 0.0307. The van der Waals surface area contributed by atoms with Crippen molar-refractivity contribution in [3.05, 3.63) is 35.4 Å². The van der Waals surface area contributed by atoms with Crippen molar-refractivity contribution in [1.29, 1.82) is 0 Å². The average molecular weight is 306 g/mol. The molecule has 1 aliphatic heterocycles. The molecule has 1 saturated heterocycles. The molecule has 0 aromatic heterocycles. The number of aliphatic hydroxyl groups is 1. The maximum atomic E-state index is 11.8. The largest absolute Gasteiger partial charge is 0.462 e. The van der Waals surface area contributed by atoms with Crippen LogP contribution in [0, 0.1) is 5.92 Å². The number of aliphatic hydroxyl groups excluding tert-OH is 1. The summed E-state index contributed by atoms with van der Waals surface area (Å²) in [5.41, 5.74) is 0.775. The molecule has 2 fully saturated rings. The monoisotopic (exact) mass is 306 g/mol. The molecule has 0 spiro atoms. The fourth-order valence-electron chi connectivity index (χ4n) is 2.09. The van der Waals surface area contributed by atoms with Crippen molar-refractivity contribution in [2.45, 2.75) is 25.0 Å². The highest BCUT2D eigenvalue weighted by atomic mass is 16.6.